The number of fused-ring (bicyclic) bond motifs is 1. The summed E-state index contributed by atoms with van der Waals surface area (Å²) >= 11 is 6.12. The van der Waals surface area contributed by atoms with Gasteiger partial charge < -0.3 is 14.2 Å². The highest BCUT2D eigenvalue weighted by atomic mass is 35.5. The maximum atomic E-state index is 12.6. The molecule has 1 heterocycles. The molecule has 0 aromatic heterocycles. The predicted octanol–water partition coefficient (Wildman–Crippen LogP) is 2.09. The van der Waals surface area contributed by atoms with Crippen LogP contribution in [0.5, 0.6) is 0 Å². The summed E-state index contributed by atoms with van der Waals surface area (Å²) in [6.07, 6.45) is 3.62. The zero-order chi connectivity index (χ0) is 18.8. The third kappa shape index (κ3) is 3.82. The number of Topliss-reactive ketones (excluding diaryl/α,β-unsaturated/α-hetero) is 2. The normalized spacial score (nSPS) is 22.6. The fraction of sp³-hybridized carbons (Fsp3) is 0.412. The Kier molecular flexibility index (Phi) is 5.47. The Labute approximate surface area is 149 Å². The Hall–Kier alpha value is -2.41. The summed E-state index contributed by atoms with van der Waals surface area (Å²) in [5.41, 5.74) is -1.70. The van der Waals surface area contributed by atoms with Crippen LogP contribution in [-0.2, 0) is 33.4 Å². The monoisotopic (exact) mass is 368 g/mol. The third-order valence-corrected chi connectivity index (χ3v) is 4.07. The fourth-order valence-electron chi connectivity index (χ4n) is 2.49. The summed E-state index contributed by atoms with van der Waals surface area (Å²) in [7, 11) is 0. The molecular formula is C17H17ClO7. The van der Waals surface area contributed by atoms with Crippen molar-refractivity contribution in [2.45, 2.75) is 39.2 Å². The molecule has 0 fully saturated rings. The molecule has 1 aliphatic carbocycles. The second-order valence-electron chi connectivity index (χ2n) is 5.72. The molecule has 0 spiro atoms. The minimum absolute atomic E-state index is 0.0667. The van der Waals surface area contributed by atoms with Gasteiger partial charge in [-0.25, -0.2) is 0 Å². The van der Waals surface area contributed by atoms with Crippen LogP contribution >= 0.6 is 11.6 Å². The first kappa shape index (κ1) is 18.9. The number of carbonyl (C=O) groups excluding carboxylic acids is 4. The molecule has 0 amide bonds. The summed E-state index contributed by atoms with van der Waals surface area (Å²) in [6.45, 7) is 3.85. The van der Waals surface area contributed by atoms with Gasteiger partial charge >= 0.3 is 11.9 Å². The van der Waals surface area contributed by atoms with Gasteiger partial charge in [0.05, 0.1) is 17.2 Å². The van der Waals surface area contributed by atoms with E-state index in [0.717, 1.165) is 6.92 Å². The van der Waals surface area contributed by atoms with Crippen molar-refractivity contribution < 1.29 is 33.4 Å². The molecule has 0 bridgehead atoms. The molecule has 2 aliphatic rings. The van der Waals surface area contributed by atoms with Crippen molar-refractivity contribution in [2.24, 2.45) is 0 Å². The van der Waals surface area contributed by atoms with E-state index < -0.39 is 23.1 Å². The lowest BCUT2D eigenvalue weighted by atomic mass is 9.80. The minimum atomic E-state index is -2.00. The molecule has 0 aromatic rings. The van der Waals surface area contributed by atoms with Crippen molar-refractivity contribution in [3.63, 3.8) is 0 Å². The first-order chi connectivity index (χ1) is 11.7. The van der Waals surface area contributed by atoms with Gasteiger partial charge in [-0.3, -0.25) is 19.2 Å². The fourth-order valence-corrected chi connectivity index (χ4v) is 2.83. The lowest BCUT2D eigenvalue weighted by Crippen LogP contribution is -2.51. The zero-order valence-corrected chi connectivity index (χ0v) is 14.8. The summed E-state index contributed by atoms with van der Waals surface area (Å²) in [5.74, 6) is -2.14. The van der Waals surface area contributed by atoms with Crippen molar-refractivity contribution in [3.8, 4) is 0 Å². The van der Waals surface area contributed by atoms with Gasteiger partial charge in [0, 0.05) is 25.8 Å². The van der Waals surface area contributed by atoms with Crippen LogP contribution in [0.1, 0.15) is 33.6 Å². The van der Waals surface area contributed by atoms with Crippen LogP contribution in [0.3, 0.4) is 0 Å². The van der Waals surface area contributed by atoms with E-state index in [1.165, 1.54) is 26.2 Å². The van der Waals surface area contributed by atoms with Gasteiger partial charge in [-0.2, -0.15) is 0 Å². The molecule has 1 aliphatic heterocycles. The van der Waals surface area contributed by atoms with E-state index in [1.54, 1.807) is 0 Å². The molecule has 8 heteroatoms. The van der Waals surface area contributed by atoms with E-state index in [2.05, 4.69) is 0 Å². The van der Waals surface area contributed by atoms with Crippen molar-refractivity contribution in [1.82, 2.24) is 0 Å². The molecule has 0 radical (unpaired) electrons. The summed E-state index contributed by atoms with van der Waals surface area (Å²) in [5, 5.41) is -0.199. The number of carbonyl (C=O) groups is 4. The van der Waals surface area contributed by atoms with E-state index in [1.807, 2.05) is 0 Å². The smallest absolute Gasteiger partial charge is 0.304 e. The van der Waals surface area contributed by atoms with Crippen molar-refractivity contribution in [3.05, 3.63) is 34.3 Å². The van der Waals surface area contributed by atoms with E-state index in [4.69, 9.17) is 25.8 Å². The topological polar surface area (TPSA) is 96.0 Å². The summed E-state index contributed by atoms with van der Waals surface area (Å²) < 4.78 is 15.2. The molecule has 0 saturated heterocycles. The SMILES string of the molecule is CC(=O)OCCCC1=CC2=C(Cl)C(=O)C(C)(OC(C)=O)C(=O)C2=CO1. The number of allylic oxidation sites excluding steroid dienone is 3. The van der Waals surface area contributed by atoms with Crippen molar-refractivity contribution >= 4 is 35.1 Å². The number of ether oxygens (including phenoxy) is 3. The Bertz CT molecular complexity index is 744. The molecule has 25 heavy (non-hydrogen) atoms. The van der Waals surface area contributed by atoms with Crippen LogP contribution in [-0.4, -0.2) is 35.7 Å². The average molecular weight is 369 g/mol. The molecule has 7 nitrogen and oxygen atoms in total. The van der Waals surface area contributed by atoms with Gasteiger partial charge in [-0.05, 0) is 19.4 Å². The van der Waals surface area contributed by atoms with Crippen LogP contribution in [0.4, 0.5) is 0 Å². The van der Waals surface area contributed by atoms with Gasteiger partial charge in [0.1, 0.15) is 12.0 Å². The standard InChI is InChI=1S/C17H17ClO7/c1-9(19)23-6-4-5-11-7-12-13(8-24-11)15(21)17(3,25-10(2)20)16(22)14(12)18/h7-8H,4-6H2,1-3H3. The Balaban J connectivity index is 2.23. The molecule has 0 saturated carbocycles. The van der Waals surface area contributed by atoms with E-state index >= 15 is 0 Å². The average Bonchev–Trinajstić information content (AvgIpc) is 2.54. The lowest BCUT2D eigenvalue weighted by molar-refractivity contribution is -0.167. The number of hydrogen-bond donors (Lipinski definition) is 0. The largest absolute Gasteiger partial charge is 0.469 e. The van der Waals surface area contributed by atoms with Crippen LogP contribution in [0.15, 0.2) is 34.3 Å². The minimum Gasteiger partial charge on any atom is -0.469 e. The highest BCUT2D eigenvalue weighted by Crippen LogP contribution is 2.39. The maximum absolute atomic E-state index is 12.6. The summed E-state index contributed by atoms with van der Waals surface area (Å²) in [6, 6.07) is 0. The van der Waals surface area contributed by atoms with Crippen molar-refractivity contribution in [2.75, 3.05) is 6.61 Å². The van der Waals surface area contributed by atoms with E-state index in [0.29, 0.717) is 18.6 Å². The van der Waals surface area contributed by atoms with Crippen LogP contribution in [0.2, 0.25) is 0 Å². The first-order valence-corrected chi connectivity index (χ1v) is 7.94. The second kappa shape index (κ2) is 7.23. The van der Waals surface area contributed by atoms with Gasteiger partial charge in [0.2, 0.25) is 17.2 Å². The predicted molar refractivity (Wildman–Crippen MR) is 86.2 cm³/mol. The van der Waals surface area contributed by atoms with Crippen molar-refractivity contribution in [1.29, 1.82) is 0 Å². The second-order valence-corrected chi connectivity index (χ2v) is 6.09. The van der Waals surface area contributed by atoms with E-state index in [9.17, 15) is 19.2 Å². The van der Waals surface area contributed by atoms with Gasteiger partial charge in [0.25, 0.3) is 0 Å². The summed E-state index contributed by atoms with van der Waals surface area (Å²) in [4.78, 5) is 47.0. The molecule has 0 aromatic carbocycles. The quantitative estimate of drug-likeness (QED) is 0.416. The van der Waals surface area contributed by atoms with Crippen LogP contribution in [0, 0.1) is 0 Å². The number of rotatable bonds is 5. The first-order valence-electron chi connectivity index (χ1n) is 7.57. The molecular weight excluding hydrogens is 352 g/mol. The van der Waals surface area contributed by atoms with Crippen LogP contribution in [0.25, 0.3) is 0 Å². The lowest BCUT2D eigenvalue weighted by Gasteiger charge is -2.32. The zero-order valence-electron chi connectivity index (χ0n) is 14.0. The number of esters is 2. The molecule has 0 N–H and O–H groups in total. The molecule has 134 valence electrons. The van der Waals surface area contributed by atoms with E-state index in [-0.39, 0.29) is 28.8 Å². The third-order valence-electron chi connectivity index (χ3n) is 3.69. The molecule has 2 rings (SSSR count). The maximum Gasteiger partial charge on any atom is 0.304 e. The van der Waals surface area contributed by atoms with Gasteiger partial charge in [-0.1, -0.05) is 11.6 Å². The Morgan fingerprint density at radius 3 is 2.48 bits per heavy atom. The Morgan fingerprint density at radius 1 is 1.20 bits per heavy atom. The van der Waals surface area contributed by atoms with Gasteiger partial charge in [0.15, 0.2) is 0 Å². The Morgan fingerprint density at radius 2 is 1.88 bits per heavy atom. The molecule has 1 atom stereocenters. The number of halogens is 1. The van der Waals surface area contributed by atoms with Gasteiger partial charge in [-0.15, -0.1) is 0 Å². The highest BCUT2D eigenvalue weighted by Gasteiger charge is 2.52. The number of hydrogen-bond acceptors (Lipinski definition) is 7. The van der Waals surface area contributed by atoms with Crippen LogP contribution < -0.4 is 0 Å². The number of ketones is 2. The highest BCUT2D eigenvalue weighted by molar-refractivity contribution is 6.49. The molecule has 1 unspecified atom stereocenters.